The molecule has 0 saturated carbocycles. The van der Waals surface area contributed by atoms with Crippen LogP contribution in [0, 0.1) is 0 Å². The SMILES string of the molecule is NS(=O)(=O)N1CCN(Cc2c(-c3ccccc3)nc3ccccc3c2C(=O)O)CC1. The predicted molar refractivity (Wildman–Crippen MR) is 114 cm³/mol. The summed E-state index contributed by atoms with van der Waals surface area (Å²) in [6.07, 6.45) is 0. The highest BCUT2D eigenvalue weighted by atomic mass is 32.2. The van der Waals surface area contributed by atoms with Crippen molar-refractivity contribution in [3.8, 4) is 11.3 Å². The molecule has 1 aromatic heterocycles. The third kappa shape index (κ3) is 4.05. The van der Waals surface area contributed by atoms with Crippen LogP contribution in [0.3, 0.4) is 0 Å². The molecule has 0 radical (unpaired) electrons. The monoisotopic (exact) mass is 426 g/mol. The number of aromatic carboxylic acids is 1. The van der Waals surface area contributed by atoms with Gasteiger partial charge in [-0.15, -0.1) is 0 Å². The van der Waals surface area contributed by atoms with E-state index in [0.717, 1.165) is 5.56 Å². The van der Waals surface area contributed by atoms with E-state index < -0.39 is 16.2 Å². The van der Waals surface area contributed by atoms with E-state index in [9.17, 15) is 18.3 Å². The molecule has 30 heavy (non-hydrogen) atoms. The van der Waals surface area contributed by atoms with Crippen LogP contribution in [0.1, 0.15) is 15.9 Å². The lowest BCUT2D eigenvalue weighted by atomic mass is 9.96. The molecule has 8 nitrogen and oxygen atoms in total. The zero-order valence-electron chi connectivity index (χ0n) is 16.2. The van der Waals surface area contributed by atoms with Gasteiger partial charge in [0, 0.05) is 49.2 Å². The van der Waals surface area contributed by atoms with Gasteiger partial charge in [0.05, 0.1) is 16.8 Å². The van der Waals surface area contributed by atoms with Crippen molar-refractivity contribution in [1.29, 1.82) is 0 Å². The summed E-state index contributed by atoms with van der Waals surface area (Å²) in [5, 5.41) is 15.9. The number of aromatic nitrogens is 1. The fourth-order valence-electron chi connectivity index (χ4n) is 3.85. The van der Waals surface area contributed by atoms with Crippen molar-refractivity contribution in [2.24, 2.45) is 5.14 Å². The Labute approximate surface area is 174 Å². The highest BCUT2D eigenvalue weighted by Crippen LogP contribution is 2.31. The number of rotatable bonds is 5. The Morgan fingerprint density at radius 3 is 2.27 bits per heavy atom. The zero-order valence-corrected chi connectivity index (χ0v) is 17.0. The zero-order chi connectivity index (χ0) is 21.3. The number of benzene rings is 2. The van der Waals surface area contributed by atoms with Gasteiger partial charge in [-0.05, 0) is 6.07 Å². The number of pyridine rings is 1. The Hall–Kier alpha value is -2.85. The fourth-order valence-corrected chi connectivity index (χ4v) is 4.52. The molecule has 1 saturated heterocycles. The minimum atomic E-state index is -3.72. The normalized spacial score (nSPS) is 16.0. The molecule has 0 amide bonds. The van der Waals surface area contributed by atoms with Crippen molar-refractivity contribution in [3.63, 3.8) is 0 Å². The molecule has 1 fully saturated rings. The van der Waals surface area contributed by atoms with Crippen LogP contribution < -0.4 is 5.14 Å². The fraction of sp³-hybridized carbons (Fsp3) is 0.238. The third-order valence-electron chi connectivity index (χ3n) is 5.33. The van der Waals surface area contributed by atoms with Crippen molar-refractivity contribution < 1.29 is 18.3 Å². The van der Waals surface area contributed by atoms with Gasteiger partial charge in [-0.1, -0.05) is 48.5 Å². The molecule has 0 aliphatic carbocycles. The number of hydrogen-bond acceptors (Lipinski definition) is 5. The summed E-state index contributed by atoms with van der Waals surface area (Å²) in [6, 6.07) is 16.7. The van der Waals surface area contributed by atoms with Gasteiger partial charge in [0.15, 0.2) is 0 Å². The van der Waals surface area contributed by atoms with Gasteiger partial charge in [-0.3, -0.25) is 4.90 Å². The molecule has 1 aliphatic rings. The van der Waals surface area contributed by atoms with Crippen molar-refractivity contribution in [2.75, 3.05) is 26.2 Å². The largest absolute Gasteiger partial charge is 0.478 e. The lowest BCUT2D eigenvalue weighted by Gasteiger charge is -2.33. The molecular formula is C21H22N4O4S. The number of hydrogen-bond donors (Lipinski definition) is 2. The minimum Gasteiger partial charge on any atom is -0.478 e. The number of carboxylic acids is 1. The summed E-state index contributed by atoms with van der Waals surface area (Å²) in [5.41, 5.74) is 2.94. The predicted octanol–water partition coefficient (Wildman–Crippen LogP) is 1.92. The molecule has 2 heterocycles. The average molecular weight is 426 g/mol. The first-order valence-corrected chi connectivity index (χ1v) is 11.1. The summed E-state index contributed by atoms with van der Waals surface area (Å²) >= 11 is 0. The Balaban J connectivity index is 1.79. The van der Waals surface area contributed by atoms with E-state index >= 15 is 0 Å². The lowest BCUT2D eigenvalue weighted by Crippen LogP contribution is -2.50. The van der Waals surface area contributed by atoms with Crippen LogP contribution in [0.5, 0.6) is 0 Å². The number of para-hydroxylation sites is 1. The van der Waals surface area contributed by atoms with Gasteiger partial charge < -0.3 is 5.11 Å². The molecule has 9 heteroatoms. The first kappa shape index (κ1) is 20.4. The van der Waals surface area contributed by atoms with Crippen LogP contribution in [0.2, 0.25) is 0 Å². The average Bonchev–Trinajstić information content (AvgIpc) is 2.73. The maximum absolute atomic E-state index is 12.3. The standard InChI is InChI=1S/C21H22N4O4S/c22-30(28,29)25-12-10-24(11-13-25)14-17-19(21(26)27)16-8-4-5-9-18(16)23-20(17)15-6-2-1-3-7-15/h1-9H,10-14H2,(H,26,27)(H2,22,28,29). The van der Waals surface area contributed by atoms with E-state index in [2.05, 4.69) is 0 Å². The quantitative estimate of drug-likeness (QED) is 0.644. The Morgan fingerprint density at radius 2 is 1.63 bits per heavy atom. The summed E-state index contributed by atoms with van der Waals surface area (Å²) in [5.74, 6) is -1.01. The molecular weight excluding hydrogens is 404 g/mol. The molecule has 1 aliphatic heterocycles. The Bertz CT molecular complexity index is 1190. The van der Waals surface area contributed by atoms with E-state index in [1.54, 1.807) is 12.1 Å². The van der Waals surface area contributed by atoms with Gasteiger partial charge in [-0.25, -0.2) is 14.9 Å². The molecule has 2 aromatic carbocycles. The molecule has 0 atom stereocenters. The van der Waals surface area contributed by atoms with Crippen molar-refractivity contribution in [1.82, 2.24) is 14.2 Å². The molecule has 4 rings (SSSR count). The van der Waals surface area contributed by atoms with Gasteiger partial charge in [0.1, 0.15) is 0 Å². The van der Waals surface area contributed by atoms with E-state index in [1.165, 1.54) is 4.31 Å². The number of piperazine rings is 1. The molecule has 0 spiro atoms. The highest BCUT2D eigenvalue weighted by Gasteiger charge is 2.27. The summed E-state index contributed by atoms with van der Waals surface area (Å²) in [6.45, 7) is 1.79. The number of carboxylic acid groups (broad SMARTS) is 1. The van der Waals surface area contributed by atoms with E-state index in [4.69, 9.17) is 10.1 Å². The number of nitrogens with two attached hydrogens (primary N) is 1. The van der Waals surface area contributed by atoms with Crippen LogP contribution in [0.25, 0.3) is 22.2 Å². The Morgan fingerprint density at radius 1 is 1.00 bits per heavy atom. The lowest BCUT2D eigenvalue weighted by molar-refractivity contribution is 0.0696. The first-order valence-electron chi connectivity index (χ1n) is 9.55. The number of fused-ring (bicyclic) bond motifs is 1. The summed E-state index contributed by atoms with van der Waals surface area (Å²) < 4.78 is 24.4. The van der Waals surface area contributed by atoms with Gasteiger partial charge in [0.25, 0.3) is 10.2 Å². The van der Waals surface area contributed by atoms with E-state index in [0.29, 0.717) is 41.8 Å². The van der Waals surface area contributed by atoms with Crippen LogP contribution in [0.4, 0.5) is 0 Å². The van der Waals surface area contributed by atoms with E-state index in [1.807, 2.05) is 47.4 Å². The topological polar surface area (TPSA) is 117 Å². The second kappa shape index (κ2) is 8.11. The molecule has 0 bridgehead atoms. The second-order valence-electron chi connectivity index (χ2n) is 7.22. The summed E-state index contributed by atoms with van der Waals surface area (Å²) in [7, 11) is -3.72. The van der Waals surface area contributed by atoms with Gasteiger partial charge in [0.2, 0.25) is 0 Å². The van der Waals surface area contributed by atoms with Crippen LogP contribution in [-0.2, 0) is 16.8 Å². The van der Waals surface area contributed by atoms with Crippen molar-refractivity contribution >= 4 is 27.1 Å². The van der Waals surface area contributed by atoms with Crippen molar-refractivity contribution in [2.45, 2.75) is 6.54 Å². The second-order valence-corrected chi connectivity index (χ2v) is 8.77. The van der Waals surface area contributed by atoms with Gasteiger partial charge >= 0.3 is 5.97 Å². The molecule has 0 unspecified atom stereocenters. The number of nitrogens with zero attached hydrogens (tertiary/aromatic N) is 3. The van der Waals surface area contributed by atoms with Crippen LogP contribution in [0.15, 0.2) is 54.6 Å². The summed E-state index contributed by atoms with van der Waals surface area (Å²) in [4.78, 5) is 19.1. The highest BCUT2D eigenvalue weighted by molar-refractivity contribution is 7.86. The smallest absolute Gasteiger partial charge is 0.336 e. The Kier molecular flexibility index (Phi) is 5.52. The molecule has 3 N–H and O–H groups in total. The maximum Gasteiger partial charge on any atom is 0.336 e. The molecule has 3 aromatic rings. The minimum absolute atomic E-state index is 0.230. The third-order valence-corrected chi connectivity index (χ3v) is 6.41. The van der Waals surface area contributed by atoms with Crippen LogP contribution >= 0.6 is 0 Å². The van der Waals surface area contributed by atoms with Crippen molar-refractivity contribution in [3.05, 3.63) is 65.7 Å². The first-order chi connectivity index (χ1) is 14.3. The maximum atomic E-state index is 12.3. The van der Waals surface area contributed by atoms with Gasteiger partial charge in [-0.2, -0.15) is 12.7 Å². The van der Waals surface area contributed by atoms with Crippen LogP contribution in [-0.4, -0.2) is 59.9 Å². The molecule has 156 valence electrons. The number of carbonyl (C=O) groups is 1. The van der Waals surface area contributed by atoms with E-state index in [-0.39, 0.29) is 18.7 Å².